The summed E-state index contributed by atoms with van der Waals surface area (Å²) < 4.78 is 29.4. The van der Waals surface area contributed by atoms with Gasteiger partial charge < -0.3 is 46.6 Å². The summed E-state index contributed by atoms with van der Waals surface area (Å²) >= 11 is 0. The standard InChI is InChI=1S/C34H50N4O7/c1-3-15-41-30-21-25(20-27(6-5-11-35)33(30)44-18-13-37)7-9-28(39)24-29(40)10-8-26-22-31(42-16-4-2)34(45-19-14-38)32(23-26)43-17-12-36/h7-10,20-23H,3-6,11-19,24,35-38H2,1-2H3/b9-7+,10-8+. The van der Waals surface area contributed by atoms with Crippen LogP contribution in [0.25, 0.3) is 12.2 Å². The zero-order valence-electron chi connectivity index (χ0n) is 26.7. The van der Waals surface area contributed by atoms with Gasteiger partial charge in [0.25, 0.3) is 0 Å². The monoisotopic (exact) mass is 626 g/mol. The minimum Gasteiger partial charge on any atom is -0.490 e. The zero-order chi connectivity index (χ0) is 32.9. The molecule has 8 N–H and O–H groups in total. The van der Waals surface area contributed by atoms with Crippen LogP contribution in [0.4, 0.5) is 0 Å². The number of nitrogens with two attached hydrogens (primary N) is 4. The lowest BCUT2D eigenvalue weighted by molar-refractivity contribution is -0.121. The van der Waals surface area contributed by atoms with Gasteiger partial charge in [0.15, 0.2) is 34.6 Å². The Morgan fingerprint density at radius 3 is 1.53 bits per heavy atom. The van der Waals surface area contributed by atoms with Gasteiger partial charge in [-0.2, -0.15) is 0 Å². The molecule has 0 fully saturated rings. The van der Waals surface area contributed by atoms with Crippen molar-refractivity contribution in [1.29, 1.82) is 0 Å². The predicted molar refractivity (Wildman–Crippen MR) is 178 cm³/mol. The third-order valence-corrected chi connectivity index (χ3v) is 6.15. The molecule has 0 atom stereocenters. The summed E-state index contributed by atoms with van der Waals surface area (Å²) in [6.45, 7) is 7.40. The lowest BCUT2D eigenvalue weighted by Crippen LogP contribution is -2.14. The van der Waals surface area contributed by atoms with E-state index in [4.69, 9.17) is 46.6 Å². The van der Waals surface area contributed by atoms with E-state index in [0.29, 0.717) is 86.7 Å². The van der Waals surface area contributed by atoms with E-state index >= 15 is 0 Å². The first kappa shape index (κ1) is 37.3. The first-order chi connectivity index (χ1) is 21.9. The van der Waals surface area contributed by atoms with Gasteiger partial charge >= 0.3 is 0 Å². The minimum atomic E-state index is -0.352. The number of carbonyl (C=O) groups is 2. The SMILES string of the molecule is CCCOc1cc(/C=C/C(=O)CC(=O)/C=C/c2cc(OCCC)c(OCCN)c(OCCN)c2)cc(CCCN)c1OCCN. The predicted octanol–water partition coefficient (Wildman–Crippen LogP) is 3.42. The molecular weight excluding hydrogens is 576 g/mol. The molecule has 45 heavy (non-hydrogen) atoms. The molecule has 0 aromatic heterocycles. The van der Waals surface area contributed by atoms with E-state index in [2.05, 4.69) is 0 Å². The van der Waals surface area contributed by atoms with Crippen LogP contribution in [0, 0.1) is 0 Å². The van der Waals surface area contributed by atoms with Crippen LogP contribution in [0.3, 0.4) is 0 Å². The number of carbonyl (C=O) groups excluding carboxylic acids is 2. The van der Waals surface area contributed by atoms with E-state index in [9.17, 15) is 9.59 Å². The van der Waals surface area contributed by atoms with Crippen molar-refractivity contribution in [1.82, 2.24) is 0 Å². The summed E-state index contributed by atoms with van der Waals surface area (Å²) in [5, 5.41) is 0. The summed E-state index contributed by atoms with van der Waals surface area (Å²) in [6, 6.07) is 7.24. The van der Waals surface area contributed by atoms with Gasteiger partial charge in [-0.05, 0) is 85.3 Å². The van der Waals surface area contributed by atoms with Crippen molar-refractivity contribution in [3.8, 4) is 28.7 Å². The lowest BCUT2D eigenvalue weighted by atomic mass is 10.0. The van der Waals surface area contributed by atoms with Crippen LogP contribution >= 0.6 is 0 Å². The largest absolute Gasteiger partial charge is 0.490 e. The molecule has 2 aromatic rings. The van der Waals surface area contributed by atoms with Crippen LogP contribution in [-0.4, -0.2) is 70.8 Å². The molecule has 0 heterocycles. The number of aryl methyl sites for hydroxylation is 1. The van der Waals surface area contributed by atoms with Gasteiger partial charge in [-0.3, -0.25) is 9.59 Å². The van der Waals surface area contributed by atoms with Gasteiger partial charge in [-0.1, -0.05) is 26.0 Å². The molecule has 0 aliphatic rings. The minimum absolute atomic E-state index is 0.267. The first-order valence-corrected chi connectivity index (χ1v) is 15.6. The second-order valence-electron chi connectivity index (χ2n) is 10.1. The van der Waals surface area contributed by atoms with Crippen molar-refractivity contribution >= 4 is 23.7 Å². The summed E-state index contributed by atoms with van der Waals surface area (Å²) in [5.74, 6) is 1.87. The third-order valence-electron chi connectivity index (χ3n) is 6.15. The maximum Gasteiger partial charge on any atom is 0.203 e. The van der Waals surface area contributed by atoms with Gasteiger partial charge in [-0.25, -0.2) is 0 Å². The maximum atomic E-state index is 12.7. The second-order valence-corrected chi connectivity index (χ2v) is 10.1. The molecule has 11 heteroatoms. The number of rotatable bonds is 24. The quantitative estimate of drug-likeness (QED) is 0.0989. The highest BCUT2D eigenvalue weighted by molar-refractivity contribution is 6.10. The zero-order valence-corrected chi connectivity index (χ0v) is 26.7. The van der Waals surface area contributed by atoms with Crippen LogP contribution in [0.2, 0.25) is 0 Å². The Labute approximate surface area is 266 Å². The number of allylic oxidation sites excluding steroid dienone is 2. The van der Waals surface area contributed by atoms with Crippen LogP contribution in [-0.2, 0) is 16.0 Å². The van der Waals surface area contributed by atoms with Gasteiger partial charge in [0, 0.05) is 19.6 Å². The van der Waals surface area contributed by atoms with E-state index in [1.807, 2.05) is 26.0 Å². The molecule has 2 aromatic carbocycles. The summed E-state index contributed by atoms with van der Waals surface area (Å²) in [5.41, 5.74) is 25.0. The summed E-state index contributed by atoms with van der Waals surface area (Å²) in [4.78, 5) is 25.5. The summed E-state index contributed by atoms with van der Waals surface area (Å²) in [7, 11) is 0. The Morgan fingerprint density at radius 2 is 1.04 bits per heavy atom. The van der Waals surface area contributed by atoms with E-state index < -0.39 is 0 Å². The fourth-order valence-corrected chi connectivity index (χ4v) is 4.16. The Bertz CT molecular complexity index is 1110. The van der Waals surface area contributed by atoms with Crippen LogP contribution in [0.5, 0.6) is 28.7 Å². The smallest absolute Gasteiger partial charge is 0.203 e. The Morgan fingerprint density at radius 1 is 0.600 bits per heavy atom. The Balaban J connectivity index is 2.23. The molecule has 0 amide bonds. The second kappa shape index (κ2) is 21.7. The molecule has 0 bridgehead atoms. The normalized spacial score (nSPS) is 11.2. The van der Waals surface area contributed by atoms with Crippen molar-refractivity contribution < 1.29 is 33.3 Å². The van der Waals surface area contributed by atoms with Crippen molar-refractivity contribution in [3.05, 3.63) is 53.1 Å². The van der Waals surface area contributed by atoms with Gasteiger partial charge in [0.1, 0.15) is 19.8 Å². The molecule has 0 spiro atoms. The Hall–Kier alpha value is -3.90. The molecule has 0 saturated carbocycles. The van der Waals surface area contributed by atoms with Crippen LogP contribution < -0.4 is 46.6 Å². The first-order valence-electron chi connectivity index (χ1n) is 15.6. The van der Waals surface area contributed by atoms with Gasteiger partial charge in [-0.15, -0.1) is 0 Å². The third kappa shape index (κ3) is 13.3. The van der Waals surface area contributed by atoms with E-state index in [-0.39, 0.29) is 31.2 Å². The highest BCUT2D eigenvalue weighted by atomic mass is 16.5. The fraction of sp³-hybridized carbons (Fsp3) is 0.471. The van der Waals surface area contributed by atoms with Crippen molar-refractivity contribution in [2.45, 2.75) is 46.0 Å². The number of ketones is 2. The lowest BCUT2D eigenvalue weighted by Gasteiger charge is -2.17. The highest BCUT2D eigenvalue weighted by Gasteiger charge is 2.16. The molecule has 2 rings (SSSR count). The van der Waals surface area contributed by atoms with Crippen molar-refractivity contribution in [3.63, 3.8) is 0 Å². The number of ether oxygens (including phenoxy) is 5. The molecular formula is C34H50N4O7. The number of hydrogen-bond donors (Lipinski definition) is 4. The van der Waals surface area contributed by atoms with Gasteiger partial charge in [0.2, 0.25) is 5.75 Å². The number of benzene rings is 2. The molecule has 0 radical (unpaired) electrons. The highest BCUT2D eigenvalue weighted by Crippen LogP contribution is 2.39. The number of hydrogen-bond acceptors (Lipinski definition) is 11. The molecule has 0 saturated heterocycles. The average Bonchev–Trinajstić information content (AvgIpc) is 3.04. The molecule has 0 aliphatic carbocycles. The van der Waals surface area contributed by atoms with E-state index in [0.717, 1.165) is 30.4 Å². The van der Waals surface area contributed by atoms with Gasteiger partial charge in [0.05, 0.1) is 19.6 Å². The van der Waals surface area contributed by atoms with Crippen molar-refractivity contribution in [2.24, 2.45) is 22.9 Å². The summed E-state index contributed by atoms with van der Waals surface area (Å²) in [6.07, 6.45) is 8.81. The van der Waals surface area contributed by atoms with E-state index in [1.54, 1.807) is 24.3 Å². The average molecular weight is 627 g/mol. The molecule has 248 valence electrons. The Kier molecular flexibility index (Phi) is 18.0. The van der Waals surface area contributed by atoms with Crippen LogP contribution in [0.15, 0.2) is 36.4 Å². The van der Waals surface area contributed by atoms with Crippen LogP contribution in [0.1, 0.15) is 56.2 Å². The fourth-order valence-electron chi connectivity index (χ4n) is 4.16. The van der Waals surface area contributed by atoms with Crippen molar-refractivity contribution in [2.75, 3.05) is 59.2 Å². The topological polar surface area (TPSA) is 184 Å². The molecule has 0 aliphatic heterocycles. The molecule has 11 nitrogen and oxygen atoms in total. The van der Waals surface area contributed by atoms with E-state index in [1.165, 1.54) is 12.2 Å². The maximum absolute atomic E-state index is 12.7. The molecule has 0 unspecified atom stereocenters.